The number of carbonyl (C=O) groups is 2. The molecular weight excluding hydrogens is 405 g/mol. The fourth-order valence-corrected chi connectivity index (χ4v) is 4.72. The Kier molecular flexibility index (Phi) is 7.53. The zero-order valence-electron chi connectivity index (χ0n) is 18.6. The van der Waals surface area contributed by atoms with Crippen LogP contribution in [0.3, 0.4) is 0 Å². The predicted molar refractivity (Wildman–Crippen MR) is 124 cm³/mol. The van der Waals surface area contributed by atoms with Gasteiger partial charge in [-0.3, -0.25) is 14.5 Å². The molecule has 2 aromatic carbocycles. The van der Waals surface area contributed by atoms with Crippen molar-refractivity contribution in [2.45, 2.75) is 45.1 Å². The molecule has 0 radical (unpaired) electrons. The Morgan fingerprint density at radius 3 is 2.38 bits per heavy atom. The van der Waals surface area contributed by atoms with Gasteiger partial charge in [-0.15, -0.1) is 0 Å². The van der Waals surface area contributed by atoms with Crippen molar-refractivity contribution in [1.29, 1.82) is 0 Å². The van der Waals surface area contributed by atoms with Crippen molar-refractivity contribution in [3.63, 3.8) is 0 Å². The van der Waals surface area contributed by atoms with E-state index >= 15 is 0 Å². The maximum Gasteiger partial charge on any atom is 0.255 e. The molecule has 2 heterocycles. The molecule has 2 aliphatic rings. The molecule has 2 fully saturated rings. The lowest BCUT2D eigenvalue weighted by atomic mass is 9.96. The molecule has 2 saturated heterocycles. The predicted octanol–water partition coefficient (Wildman–Crippen LogP) is 4.69. The van der Waals surface area contributed by atoms with Crippen LogP contribution in [0.2, 0.25) is 0 Å². The number of rotatable bonds is 5. The van der Waals surface area contributed by atoms with Crippen LogP contribution < -0.4 is 5.32 Å². The van der Waals surface area contributed by atoms with Gasteiger partial charge >= 0.3 is 0 Å². The number of nitrogens with one attached hydrogen (secondary N) is 1. The van der Waals surface area contributed by atoms with Crippen LogP contribution in [0.4, 0.5) is 10.1 Å². The molecule has 1 atom stereocenters. The molecule has 6 heteroatoms. The molecule has 2 aromatic rings. The van der Waals surface area contributed by atoms with E-state index < -0.39 is 0 Å². The molecule has 170 valence electrons. The van der Waals surface area contributed by atoms with Gasteiger partial charge in [0.2, 0.25) is 5.91 Å². The molecular formula is C26H32FN3O2. The number of anilines is 1. The van der Waals surface area contributed by atoms with E-state index in [0.717, 1.165) is 63.7 Å². The van der Waals surface area contributed by atoms with E-state index in [9.17, 15) is 14.0 Å². The van der Waals surface area contributed by atoms with Crippen LogP contribution in [0.1, 0.15) is 54.4 Å². The van der Waals surface area contributed by atoms with Crippen molar-refractivity contribution in [1.82, 2.24) is 9.80 Å². The molecule has 0 bridgehead atoms. The maximum absolute atomic E-state index is 13.2. The Labute approximate surface area is 189 Å². The first-order valence-electron chi connectivity index (χ1n) is 11.8. The van der Waals surface area contributed by atoms with Crippen molar-refractivity contribution in [3.05, 3.63) is 65.5 Å². The molecule has 1 N–H and O–H groups in total. The number of piperidine rings is 1. The minimum atomic E-state index is -0.238. The number of hydrogen-bond acceptors (Lipinski definition) is 3. The van der Waals surface area contributed by atoms with Crippen LogP contribution in [-0.4, -0.2) is 47.8 Å². The second-order valence-electron chi connectivity index (χ2n) is 8.94. The standard InChI is InChI=1S/C26H32FN3O2/c27-22-13-11-20(12-14-22)18-29-15-7-8-21(19-29)25(31)28-24-10-4-3-9-23(24)26(32)30-16-5-1-2-6-17-30/h3-4,9-14,21H,1-2,5-8,15-19H2,(H,28,31)/t21-/m1/s1. The highest BCUT2D eigenvalue weighted by atomic mass is 19.1. The fourth-order valence-electron chi connectivity index (χ4n) is 4.72. The van der Waals surface area contributed by atoms with Crippen LogP contribution >= 0.6 is 0 Å². The number of likely N-dealkylation sites (tertiary alicyclic amines) is 2. The Morgan fingerprint density at radius 2 is 1.62 bits per heavy atom. The summed E-state index contributed by atoms with van der Waals surface area (Å²) in [5.41, 5.74) is 2.21. The minimum Gasteiger partial charge on any atom is -0.339 e. The van der Waals surface area contributed by atoms with Gasteiger partial charge in [-0.1, -0.05) is 37.1 Å². The van der Waals surface area contributed by atoms with Gasteiger partial charge in [0.05, 0.1) is 17.2 Å². The van der Waals surface area contributed by atoms with Gasteiger partial charge in [0, 0.05) is 26.2 Å². The molecule has 2 amide bonds. The minimum absolute atomic E-state index is 0.00406. The number of benzene rings is 2. The first-order chi connectivity index (χ1) is 15.6. The van der Waals surface area contributed by atoms with Gasteiger partial charge in [-0.25, -0.2) is 4.39 Å². The summed E-state index contributed by atoms with van der Waals surface area (Å²) in [7, 11) is 0. The Bertz CT molecular complexity index is 923. The van der Waals surface area contributed by atoms with E-state index in [1.165, 1.54) is 12.1 Å². The second-order valence-corrected chi connectivity index (χ2v) is 8.94. The number of hydrogen-bond donors (Lipinski definition) is 1. The SMILES string of the molecule is O=C(Nc1ccccc1C(=O)N1CCCCCC1)[C@@H]1CCCN(Cc2ccc(F)cc2)C1. The number of amides is 2. The average Bonchev–Trinajstić information content (AvgIpc) is 3.10. The van der Waals surface area contributed by atoms with Crippen LogP contribution in [0.15, 0.2) is 48.5 Å². The van der Waals surface area contributed by atoms with Crippen LogP contribution in [0.25, 0.3) is 0 Å². The summed E-state index contributed by atoms with van der Waals surface area (Å²) in [6.07, 6.45) is 6.16. The normalized spacial score (nSPS) is 19.9. The first-order valence-corrected chi connectivity index (χ1v) is 11.8. The van der Waals surface area contributed by atoms with Gasteiger partial charge < -0.3 is 10.2 Å². The van der Waals surface area contributed by atoms with Gasteiger partial charge in [0.1, 0.15) is 5.82 Å². The third-order valence-corrected chi connectivity index (χ3v) is 6.50. The quantitative estimate of drug-likeness (QED) is 0.738. The lowest BCUT2D eigenvalue weighted by molar-refractivity contribution is -0.121. The summed E-state index contributed by atoms with van der Waals surface area (Å²) in [5, 5.41) is 3.05. The lowest BCUT2D eigenvalue weighted by Crippen LogP contribution is -2.40. The van der Waals surface area contributed by atoms with Crippen molar-refractivity contribution in [2.75, 3.05) is 31.5 Å². The van der Waals surface area contributed by atoms with Gasteiger partial charge in [-0.05, 0) is 62.1 Å². The van der Waals surface area contributed by atoms with E-state index in [-0.39, 0.29) is 23.5 Å². The van der Waals surface area contributed by atoms with E-state index in [1.54, 1.807) is 12.1 Å². The zero-order valence-corrected chi connectivity index (χ0v) is 18.6. The third-order valence-electron chi connectivity index (χ3n) is 6.50. The number of nitrogens with zero attached hydrogens (tertiary/aromatic N) is 2. The largest absolute Gasteiger partial charge is 0.339 e. The van der Waals surface area contributed by atoms with Gasteiger partial charge in [0.15, 0.2) is 0 Å². The maximum atomic E-state index is 13.2. The average molecular weight is 438 g/mol. The van der Waals surface area contributed by atoms with E-state index in [2.05, 4.69) is 10.2 Å². The summed E-state index contributed by atoms with van der Waals surface area (Å²) in [5.74, 6) is -0.405. The summed E-state index contributed by atoms with van der Waals surface area (Å²) in [6, 6.07) is 13.9. The van der Waals surface area contributed by atoms with Crippen LogP contribution in [0.5, 0.6) is 0 Å². The Morgan fingerprint density at radius 1 is 0.906 bits per heavy atom. The Balaban J connectivity index is 1.40. The number of carbonyl (C=O) groups excluding carboxylic acids is 2. The second kappa shape index (κ2) is 10.7. The summed E-state index contributed by atoms with van der Waals surface area (Å²) in [4.78, 5) is 30.4. The van der Waals surface area contributed by atoms with Crippen molar-refractivity contribution in [3.8, 4) is 0 Å². The van der Waals surface area contributed by atoms with Gasteiger partial charge in [0.25, 0.3) is 5.91 Å². The fraction of sp³-hybridized carbons (Fsp3) is 0.462. The van der Waals surface area contributed by atoms with Crippen molar-refractivity contribution >= 4 is 17.5 Å². The van der Waals surface area contributed by atoms with E-state index in [4.69, 9.17) is 0 Å². The molecule has 32 heavy (non-hydrogen) atoms. The smallest absolute Gasteiger partial charge is 0.255 e. The highest BCUT2D eigenvalue weighted by Gasteiger charge is 2.27. The first kappa shape index (κ1) is 22.5. The number of halogens is 1. The molecule has 0 aromatic heterocycles. The summed E-state index contributed by atoms with van der Waals surface area (Å²) < 4.78 is 13.2. The molecule has 0 spiro atoms. The van der Waals surface area contributed by atoms with Crippen LogP contribution in [-0.2, 0) is 11.3 Å². The van der Waals surface area contributed by atoms with E-state index in [1.807, 2.05) is 29.2 Å². The highest BCUT2D eigenvalue weighted by molar-refractivity contribution is 6.04. The monoisotopic (exact) mass is 437 g/mol. The zero-order chi connectivity index (χ0) is 22.3. The van der Waals surface area contributed by atoms with Crippen molar-refractivity contribution < 1.29 is 14.0 Å². The van der Waals surface area contributed by atoms with Gasteiger partial charge in [-0.2, -0.15) is 0 Å². The topological polar surface area (TPSA) is 52.7 Å². The molecule has 4 rings (SSSR count). The molecule has 0 saturated carbocycles. The highest BCUT2D eigenvalue weighted by Crippen LogP contribution is 2.24. The third kappa shape index (κ3) is 5.74. The molecule has 5 nitrogen and oxygen atoms in total. The summed E-state index contributed by atoms with van der Waals surface area (Å²) >= 11 is 0. The summed E-state index contributed by atoms with van der Waals surface area (Å²) in [6.45, 7) is 3.84. The number of para-hydroxylation sites is 1. The van der Waals surface area contributed by atoms with Crippen molar-refractivity contribution in [2.24, 2.45) is 5.92 Å². The van der Waals surface area contributed by atoms with Crippen LogP contribution in [0, 0.1) is 11.7 Å². The molecule has 2 aliphatic heterocycles. The lowest BCUT2D eigenvalue weighted by Gasteiger charge is -2.32. The van der Waals surface area contributed by atoms with E-state index in [0.29, 0.717) is 24.3 Å². The Hall–Kier alpha value is -2.73. The molecule has 0 aliphatic carbocycles. The molecule has 0 unspecified atom stereocenters.